The van der Waals surface area contributed by atoms with E-state index < -0.39 is 0 Å². The van der Waals surface area contributed by atoms with Gasteiger partial charge >= 0.3 is 0 Å². The molecule has 0 spiro atoms. The van der Waals surface area contributed by atoms with E-state index in [0.717, 1.165) is 0 Å². The first-order valence-corrected chi connectivity index (χ1v) is 17.4. The average molecular weight is 631 g/mol. The van der Waals surface area contributed by atoms with Crippen molar-refractivity contribution in [2.24, 2.45) is 0 Å². The summed E-state index contributed by atoms with van der Waals surface area (Å²) in [7, 11) is 0. The Kier molecular flexibility index (Phi) is 5.76. The summed E-state index contributed by atoms with van der Waals surface area (Å²) in [6, 6.07) is 67.5. The van der Waals surface area contributed by atoms with Gasteiger partial charge < -0.3 is 0 Å². The Balaban J connectivity index is 1.27. The predicted molar refractivity (Wildman–Crippen MR) is 217 cm³/mol. The molecule has 0 heterocycles. The highest BCUT2D eigenvalue weighted by molar-refractivity contribution is 6.39. The third-order valence-corrected chi connectivity index (χ3v) is 11.0. The fourth-order valence-corrected chi connectivity index (χ4v) is 8.84. The zero-order valence-electron chi connectivity index (χ0n) is 27.3. The van der Waals surface area contributed by atoms with Crippen LogP contribution in [0.15, 0.2) is 182 Å². The molecule has 0 bridgehead atoms. The highest BCUT2D eigenvalue weighted by atomic mass is 14.2. The Morgan fingerprint density at radius 1 is 0.180 bits per heavy atom. The Morgan fingerprint density at radius 2 is 0.500 bits per heavy atom. The van der Waals surface area contributed by atoms with Gasteiger partial charge in [-0.2, -0.15) is 0 Å². The van der Waals surface area contributed by atoms with Gasteiger partial charge in [-0.1, -0.05) is 164 Å². The van der Waals surface area contributed by atoms with Crippen LogP contribution >= 0.6 is 0 Å². The van der Waals surface area contributed by atoms with Crippen LogP contribution in [0.5, 0.6) is 0 Å². The van der Waals surface area contributed by atoms with Crippen LogP contribution in [0.3, 0.4) is 0 Å². The SMILES string of the molecule is c1ccc(-c2cc3c4ccccc4c(-c4ccc5c(c4)c4ccccc4c4c6ccccc6c6ccccc6c54)cc3c3ccccc23)cc1. The fraction of sp³-hybridized carbons (Fsp3) is 0. The third-order valence-electron chi connectivity index (χ3n) is 11.0. The molecule has 0 aliphatic heterocycles. The van der Waals surface area contributed by atoms with Crippen LogP contribution in [0, 0.1) is 0 Å². The summed E-state index contributed by atoms with van der Waals surface area (Å²) in [5.41, 5.74) is 5.02. The highest BCUT2D eigenvalue weighted by Crippen LogP contribution is 2.46. The second-order valence-corrected chi connectivity index (χ2v) is 13.5. The summed E-state index contributed by atoms with van der Waals surface area (Å²) < 4.78 is 0. The molecule has 0 aliphatic carbocycles. The molecular formula is C50H30. The second-order valence-electron chi connectivity index (χ2n) is 13.5. The minimum Gasteiger partial charge on any atom is -0.0622 e. The Hall–Kier alpha value is -6.50. The summed E-state index contributed by atoms with van der Waals surface area (Å²) in [6.45, 7) is 0. The summed E-state index contributed by atoms with van der Waals surface area (Å²) in [5, 5.41) is 20.8. The minimum atomic E-state index is 1.24. The van der Waals surface area contributed by atoms with Crippen LogP contribution in [0.25, 0.3) is 108 Å². The van der Waals surface area contributed by atoms with E-state index in [1.54, 1.807) is 0 Å². The monoisotopic (exact) mass is 630 g/mol. The van der Waals surface area contributed by atoms with Gasteiger partial charge in [-0.15, -0.1) is 0 Å². The number of rotatable bonds is 2. The molecule has 0 nitrogen and oxygen atoms in total. The molecule has 0 radical (unpaired) electrons. The standard InChI is InChI=1S/C50H30/c1-2-14-31(15-3-1)44-29-47-38-21-7-5-19-36(38)45(30-48(47)37-20-6-4-18-35(37)44)32-26-27-43-46(28-32)39-22-10-13-25-42(39)49-40-23-11-8-16-33(40)34-17-9-12-24-41(34)50(43)49/h1-30H. The van der Waals surface area contributed by atoms with Crippen molar-refractivity contribution in [3.05, 3.63) is 182 Å². The van der Waals surface area contributed by atoms with Gasteiger partial charge in [-0.05, 0) is 127 Å². The summed E-state index contributed by atoms with van der Waals surface area (Å²) in [4.78, 5) is 0. The van der Waals surface area contributed by atoms with E-state index in [2.05, 4.69) is 182 Å². The largest absolute Gasteiger partial charge is 0.0622 e. The lowest BCUT2D eigenvalue weighted by Gasteiger charge is -2.18. The van der Waals surface area contributed by atoms with Crippen molar-refractivity contribution in [3.8, 4) is 22.3 Å². The van der Waals surface area contributed by atoms with Gasteiger partial charge in [0, 0.05) is 0 Å². The third kappa shape index (κ3) is 3.82. The minimum absolute atomic E-state index is 1.24. The predicted octanol–water partition coefficient (Wildman–Crippen LogP) is 14.2. The van der Waals surface area contributed by atoms with E-state index in [0.29, 0.717) is 0 Å². The average Bonchev–Trinajstić information content (AvgIpc) is 3.20. The summed E-state index contributed by atoms with van der Waals surface area (Å²) in [5.74, 6) is 0. The van der Waals surface area contributed by atoms with Gasteiger partial charge in [0.15, 0.2) is 0 Å². The van der Waals surface area contributed by atoms with Crippen LogP contribution in [0.4, 0.5) is 0 Å². The van der Waals surface area contributed by atoms with Crippen molar-refractivity contribution in [1.29, 1.82) is 0 Å². The molecular weight excluding hydrogens is 601 g/mol. The highest BCUT2D eigenvalue weighted by Gasteiger charge is 2.18. The Morgan fingerprint density at radius 3 is 0.980 bits per heavy atom. The molecule has 0 saturated carbocycles. The molecule has 0 atom stereocenters. The first-order chi connectivity index (χ1) is 24.8. The van der Waals surface area contributed by atoms with Crippen molar-refractivity contribution >= 4 is 86.2 Å². The zero-order chi connectivity index (χ0) is 32.8. The van der Waals surface area contributed by atoms with Gasteiger partial charge in [-0.25, -0.2) is 0 Å². The normalized spacial score (nSPS) is 12.0. The molecule has 50 heavy (non-hydrogen) atoms. The first-order valence-electron chi connectivity index (χ1n) is 17.4. The Bertz CT molecular complexity index is 3190. The van der Waals surface area contributed by atoms with Gasteiger partial charge in [0.05, 0.1) is 0 Å². The van der Waals surface area contributed by atoms with Crippen molar-refractivity contribution in [1.82, 2.24) is 0 Å². The van der Waals surface area contributed by atoms with Crippen LogP contribution in [-0.4, -0.2) is 0 Å². The molecule has 0 unspecified atom stereocenters. The van der Waals surface area contributed by atoms with Gasteiger partial charge in [-0.3, -0.25) is 0 Å². The van der Waals surface area contributed by atoms with Crippen LogP contribution < -0.4 is 0 Å². The molecule has 0 fully saturated rings. The number of benzene rings is 11. The molecule has 0 amide bonds. The Labute approximate surface area is 289 Å². The van der Waals surface area contributed by atoms with E-state index in [1.165, 1.54) is 108 Å². The molecule has 0 aliphatic rings. The lowest BCUT2D eigenvalue weighted by atomic mass is 9.85. The molecule has 11 aromatic carbocycles. The lowest BCUT2D eigenvalue weighted by Crippen LogP contribution is -1.90. The molecule has 11 rings (SSSR count). The van der Waals surface area contributed by atoms with E-state index in [1.807, 2.05) is 0 Å². The summed E-state index contributed by atoms with van der Waals surface area (Å²) in [6.07, 6.45) is 0. The first kappa shape index (κ1) is 27.5. The number of hydrogen-bond donors (Lipinski definition) is 0. The summed E-state index contributed by atoms with van der Waals surface area (Å²) >= 11 is 0. The van der Waals surface area contributed by atoms with Crippen LogP contribution in [0.1, 0.15) is 0 Å². The smallest absolute Gasteiger partial charge is 0.00139 e. The zero-order valence-corrected chi connectivity index (χ0v) is 27.3. The maximum absolute atomic E-state index is 2.45. The van der Waals surface area contributed by atoms with Gasteiger partial charge in [0.1, 0.15) is 0 Å². The second kappa shape index (κ2) is 10.5. The van der Waals surface area contributed by atoms with E-state index in [-0.39, 0.29) is 0 Å². The van der Waals surface area contributed by atoms with Crippen molar-refractivity contribution in [3.63, 3.8) is 0 Å². The number of hydrogen-bond acceptors (Lipinski definition) is 0. The van der Waals surface area contributed by atoms with Crippen molar-refractivity contribution in [2.45, 2.75) is 0 Å². The lowest BCUT2D eigenvalue weighted by molar-refractivity contribution is 1.67. The maximum Gasteiger partial charge on any atom is -0.00139 e. The molecule has 11 aromatic rings. The quantitative estimate of drug-likeness (QED) is 0.167. The van der Waals surface area contributed by atoms with E-state index in [9.17, 15) is 0 Å². The van der Waals surface area contributed by atoms with E-state index >= 15 is 0 Å². The number of fused-ring (bicyclic) bond motifs is 16. The molecule has 0 heteroatoms. The molecule has 0 aromatic heterocycles. The van der Waals surface area contributed by atoms with E-state index in [4.69, 9.17) is 0 Å². The van der Waals surface area contributed by atoms with Crippen LogP contribution in [0.2, 0.25) is 0 Å². The topological polar surface area (TPSA) is 0 Å². The van der Waals surface area contributed by atoms with Crippen molar-refractivity contribution in [2.75, 3.05) is 0 Å². The molecule has 0 N–H and O–H groups in total. The van der Waals surface area contributed by atoms with Crippen molar-refractivity contribution < 1.29 is 0 Å². The van der Waals surface area contributed by atoms with Crippen LogP contribution in [-0.2, 0) is 0 Å². The van der Waals surface area contributed by atoms with Gasteiger partial charge in [0.2, 0.25) is 0 Å². The maximum atomic E-state index is 2.45. The fourth-order valence-electron chi connectivity index (χ4n) is 8.84. The molecule has 0 saturated heterocycles. The molecule has 230 valence electrons. The van der Waals surface area contributed by atoms with Gasteiger partial charge in [0.25, 0.3) is 0 Å².